The van der Waals surface area contributed by atoms with Gasteiger partial charge in [0.2, 0.25) is 10.0 Å². The molecule has 2 aromatic carbocycles. The fourth-order valence-electron chi connectivity index (χ4n) is 1.80. The number of primary sulfonamides is 1. The van der Waals surface area contributed by atoms with E-state index in [9.17, 15) is 16.8 Å². The van der Waals surface area contributed by atoms with Crippen LogP contribution >= 0.6 is 0 Å². The third-order valence-electron chi connectivity index (χ3n) is 2.83. The van der Waals surface area contributed by atoms with Crippen molar-refractivity contribution in [1.82, 2.24) is 0 Å². The smallest absolute Gasteiger partial charge is 0.234 e. The van der Waals surface area contributed by atoms with Crippen LogP contribution in [0, 0.1) is 0 Å². The molecule has 0 aliphatic heterocycles. The molecule has 116 valence electrons. The van der Waals surface area contributed by atoms with Crippen molar-refractivity contribution in [3.8, 4) is 0 Å². The summed E-state index contributed by atoms with van der Waals surface area (Å²) < 4.78 is 48.0. The Kier molecular flexibility index (Phi) is 4.36. The van der Waals surface area contributed by atoms with Gasteiger partial charge in [-0.1, -0.05) is 43.0 Å². The molecule has 6 nitrogen and oxygen atoms in total. The van der Waals surface area contributed by atoms with Crippen LogP contribution in [0.15, 0.2) is 71.5 Å². The van der Waals surface area contributed by atoms with Crippen LogP contribution in [0.1, 0.15) is 0 Å². The lowest BCUT2D eigenvalue weighted by Gasteiger charge is -2.24. The van der Waals surface area contributed by atoms with Crippen molar-refractivity contribution < 1.29 is 16.8 Å². The molecule has 0 saturated carbocycles. The molecule has 0 atom stereocenters. The second kappa shape index (κ2) is 5.91. The van der Waals surface area contributed by atoms with Crippen molar-refractivity contribution >= 4 is 31.4 Å². The molecule has 0 unspecified atom stereocenters. The van der Waals surface area contributed by atoms with Gasteiger partial charge < -0.3 is 0 Å². The van der Waals surface area contributed by atoms with E-state index in [2.05, 4.69) is 6.58 Å². The predicted octanol–water partition coefficient (Wildman–Crippen LogP) is 1.91. The lowest BCUT2D eigenvalue weighted by atomic mass is 10.3. The van der Waals surface area contributed by atoms with E-state index in [-0.39, 0.29) is 11.4 Å². The third kappa shape index (κ3) is 3.19. The number of benzene rings is 2. The first-order chi connectivity index (χ1) is 10.2. The monoisotopic (exact) mass is 338 g/mol. The molecular formula is C14H14N2O4S2. The lowest BCUT2D eigenvalue weighted by Crippen LogP contribution is -2.32. The van der Waals surface area contributed by atoms with Crippen molar-refractivity contribution in [2.24, 2.45) is 5.14 Å². The first kappa shape index (κ1) is 16.2. The molecule has 0 fully saturated rings. The Bertz CT molecular complexity index is 837. The normalized spacial score (nSPS) is 11.9. The van der Waals surface area contributed by atoms with Gasteiger partial charge in [0, 0.05) is 0 Å². The van der Waals surface area contributed by atoms with E-state index in [1.165, 1.54) is 0 Å². The fourth-order valence-corrected chi connectivity index (χ4v) is 4.20. The zero-order chi connectivity index (χ0) is 16.4. The van der Waals surface area contributed by atoms with Gasteiger partial charge in [0.05, 0.1) is 11.4 Å². The number of rotatable bonds is 5. The van der Waals surface area contributed by atoms with Crippen molar-refractivity contribution in [3.63, 3.8) is 0 Å². The Balaban J connectivity index is 2.68. The highest BCUT2D eigenvalue weighted by Gasteiger charge is 2.33. The number of sulfonamides is 2. The third-order valence-corrected chi connectivity index (χ3v) is 6.27. The average molecular weight is 338 g/mol. The summed E-state index contributed by atoms with van der Waals surface area (Å²) in [6, 6.07) is 16.2. The van der Waals surface area contributed by atoms with E-state index in [1.807, 2.05) is 0 Å². The fraction of sp³-hybridized carbons (Fsp3) is 0. The van der Waals surface area contributed by atoms with Crippen LogP contribution in [-0.4, -0.2) is 16.8 Å². The maximum absolute atomic E-state index is 12.6. The minimum absolute atomic E-state index is 0.276. The zero-order valence-corrected chi connectivity index (χ0v) is 13.1. The van der Waals surface area contributed by atoms with E-state index in [0.717, 1.165) is 4.31 Å². The van der Waals surface area contributed by atoms with E-state index in [1.54, 1.807) is 60.7 Å². The van der Waals surface area contributed by atoms with Crippen LogP contribution in [0.2, 0.25) is 0 Å². The molecule has 0 aromatic heterocycles. The summed E-state index contributed by atoms with van der Waals surface area (Å²) >= 11 is 0. The molecule has 2 N–H and O–H groups in total. The summed E-state index contributed by atoms with van der Waals surface area (Å²) in [7, 11) is -8.88. The van der Waals surface area contributed by atoms with Crippen LogP contribution in [0.4, 0.5) is 11.4 Å². The number of nitrogens with two attached hydrogens (primary N) is 1. The summed E-state index contributed by atoms with van der Waals surface area (Å²) in [5.41, 5.74) is 0.553. The SMILES string of the molecule is C=C(S(N)(=O)=O)S(=O)(=O)N(c1ccccc1)c1ccccc1. The number of nitrogens with zero attached hydrogens (tertiary/aromatic N) is 1. The van der Waals surface area contributed by atoms with Crippen LogP contribution in [0.3, 0.4) is 0 Å². The van der Waals surface area contributed by atoms with Crippen molar-refractivity contribution in [2.45, 2.75) is 0 Å². The van der Waals surface area contributed by atoms with E-state index in [0.29, 0.717) is 0 Å². The standard InChI is InChI=1S/C14H14N2O4S2/c1-12(21(15,17)18)22(19,20)16(13-8-4-2-5-9-13)14-10-6-3-7-11-14/h2-11H,1H2,(H2,15,17,18). The van der Waals surface area contributed by atoms with Crippen LogP contribution in [-0.2, 0) is 20.0 Å². The van der Waals surface area contributed by atoms with Gasteiger partial charge in [-0.05, 0) is 24.3 Å². The lowest BCUT2D eigenvalue weighted by molar-refractivity contribution is 0.596. The van der Waals surface area contributed by atoms with Gasteiger partial charge in [-0.2, -0.15) is 8.42 Å². The topological polar surface area (TPSA) is 97.5 Å². The highest BCUT2D eigenvalue weighted by molar-refractivity contribution is 8.14. The molecule has 0 radical (unpaired) electrons. The molecule has 0 heterocycles. The van der Waals surface area contributed by atoms with Gasteiger partial charge in [-0.3, -0.25) is 0 Å². The second-order valence-electron chi connectivity index (χ2n) is 4.36. The summed E-state index contributed by atoms with van der Waals surface area (Å²) in [5.74, 6) is 0. The first-order valence-electron chi connectivity index (χ1n) is 6.12. The summed E-state index contributed by atoms with van der Waals surface area (Å²) in [5, 5.41) is 4.93. The molecule has 2 rings (SSSR count). The molecule has 0 bridgehead atoms. The number of para-hydroxylation sites is 2. The van der Waals surface area contributed by atoms with Gasteiger partial charge in [0.1, 0.15) is 0 Å². The maximum Gasteiger partial charge on any atom is 0.280 e. The van der Waals surface area contributed by atoms with E-state index >= 15 is 0 Å². The van der Waals surface area contributed by atoms with Gasteiger partial charge >= 0.3 is 0 Å². The Hall–Kier alpha value is -2.16. The molecule has 0 amide bonds. The Labute approximate surface area is 129 Å². The van der Waals surface area contributed by atoms with Crippen molar-refractivity contribution in [3.05, 3.63) is 71.5 Å². The molecular weight excluding hydrogens is 324 g/mol. The maximum atomic E-state index is 12.6. The first-order valence-corrected chi connectivity index (χ1v) is 9.10. The van der Waals surface area contributed by atoms with Gasteiger partial charge in [0.25, 0.3) is 10.0 Å². The Morgan fingerprint density at radius 1 is 0.818 bits per heavy atom. The molecule has 0 spiro atoms. The van der Waals surface area contributed by atoms with Gasteiger partial charge in [0.15, 0.2) is 4.24 Å². The summed E-state index contributed by atoms with van der Waals surface area (Å²) in [4.78, 5) is 0. The minimum atomic E-state index is -4.45. The minimum Gasteiger partial charge on any atom is -0.234 e. The van der Waals surface area contributed by atoms with Crippen LogP contribution in [0.25, 0.3) is 0 Å². The molecule has 22 heavy (non-hydrogen) atoms. The quantitative estimate of drug-likeness (QED) is 0.900. The van der Waals surface area contributed by atoms with Gasteiger partial charge in [-0.25, -0.2) is 17.9 Å². The predicted molar refractivity (Wildman–Crippen MR) is 86.2 cm³/mol. The van der Waals surface area contributed by atoms with Crippen molar-refractivity contribution in [1.29, 1.82) is 0 Å². The van der Waals surface area contributed by atoms with Crippen LogP contribution in [0.5, 0.6) is 0 Å². The van der Waals surface area contributed by atoms with Crippen molar-refractivity contribution in [2.75, 3.05) is 4.31 Å². The second-order valence-corrected chi connectivity index (χ2v) is 8.01. The largest absolute Gasteiger partial charge is 0.280 e. The molecule has 0 saturated heterocycles. The number of hydrogen-bond donors (Lipinski definition) is 1. The van der Waals surface area contributed by atoms with Gasteiger partial charge in [-0.15, -0.1) is 0 Å². The summed E-state index contributed by atoms with van der Waals surface area (Å²) in [6.07, 6.45) is 0. The highest BCUT2D eigenvalue weighted by Crippen LogP contribution is 2.31. The Morgan fingerprint density at radius 2 is 1.18 bits per heavy atom. The van der Waals surface area contributed by atoms with E-state index in [4.69, 9.17) is 5.14 Å². The highest BCUT2D eigenvalue weighted by atomic mass is 32.3. The molecule has 0 aliphatic carbocycles. The van der Waals surface area contributed by atoms with E-state index < -0.39 is 24.3 Å². The Morgan fingerprint density at radius 3 is 1.50 bits per heavy atom. The van der Waals surface area contributed by atoms with Crippen LogP contribution < -0.4 is 9.44 Å². The summed E-state index contributed by atoms with van der Waals surface area (Å²) in [6.45, 7) is 3.13. The number of hydrogen-bond acceptors (Lipinski definition) is 4. The molecule has 2 aromatic rings. The molecule has 8 heteroatoms. The zero-order valence-electron chi connectivity index (χ0n) is 11.5. The molecule has 0 aliphatic rings. The average Bonchev–Trinajstić information content (AvgIpc) is 2.47. The number of anilines is 2.